The SMILES string of the molecule is O=C(Nc1ccc(C23CC4CC(CC(C4)C2)C3)cc1)c1ccc(NS(=O)(=O)c2ccccc2)c(Cl)c1. The van der Waals surface area contributed by atoms with E-state index < -0.39 is 10.0 Å². The van der Waals surface area contributed by atoms with E-state index in [0.29, 0.717) is 11.0 Å². The molecular formula is C29H29ClN2O3S. The average molecular weight is 521 g/mol. The van der Waals surface area contributed by atoms with Gasteiger partial charge in [0.05, 0.1) is 15.6 Å². The summed E-state index contributed by atoms with van der Waals surface area (Å²) < 4.78 is 27.7. The number of sulfonamides is 1. The van der Waals surface area contributed by atoms with Gasteiger partial charge in [-0.3, -0.25) is 9.52 Å². The highest BCUT2D eigenvalue weighted by atomic mass is 35.5. The number of amides is 1. The largest absolute Gasteiger partial charge is 0.322 e. The Balaban J connectivity index is 1.14. The van der Waals surface area contributed by atoms with Crippen LogP contribution < -0.4 is 10.0 Å². The van der Waals surface area contributed by atoms with Gasteiger partial charge in [-0.05, 0) is 110 Å². The van der Waals surface area contributed by atoms with Crippen molar-refractivity contribution in [2.75, 3.05) is 10.0 Å². The summed E-state index contributed by atoms with van der Waals surface area (Å²) in [6.45, 7) is 0. The fraction of sp³-hybridized carbons (Fsp3) is 0.345. The van der Waals surface area contributed by atoms with Gasteiger partial charge in [0.25, 0.3) is 15.9 Å². The normalized spacial score (nSPS) is 26.5. The van der Waals surface area contributed by atoms with Gasteiger partial charge < -0.3 is 5.32 Å². The number of hydrogen-bond donors (Lipinski definition) is 2. The molecule has 5 nitrogen and oxygen atoms in total. The molecule has 4 bridgehead atoms. The molecule has 7 rings (SSSR count). The fourth-order valence-corrected chi connectivity index (χ4v) is 8.50. The lowest BCUT2D eigenvalue weighted by Gasteiger charge is -2.57. The Bertz CT molecular complexity index is 1370. The molecule has 4 aliphatic carbocycles. The molecule has 4 fully saturated rings. The Morgan fingerprint density at radius 2 is 1.44 bits per heavy atom. The van der Waals surface area contributed by atoms with Crippen molar-refractivity contribution in [1.29, 1.82) is 0 Å². The lowest BCUT2D eigenvalue weighted by atomic mass is 9.48. The lowest BCUT2D eigenvalue weighted by molar-refractivity contribution is -0.00518. The molecule has 36 heavy (non-hydrogen) atoms. The minimum Gasteiger partial charge on any atom is -0.322 e. The summed E-state index contributed by atoms with van der Waals surface area (Å²) in [7, 11) is -3.77. The minimum atomic E-state index is -3.77. The summed E-state index contributed by atoms with van der Waals surface area (Å²) >= 11 is 6.33. The van der Waals surface area contributed by atoms with E-state index in [1.165, 1.54) is 68.4 Å². The van der Waals surface area contributed by atoms with Crippen LogP contribution in [0.25, 0.3) is 0 Å². The minimum absolute atomic E-state index is 0.139. The number of carbonyl (C=O) groups is 1. The van der Waals surface area contributed by atoms with Crippen molar-refractivity contribution in [3.05, 3.63) is 88.9 Å². The zero-order valence-corrected chi connectivity index (χ0v) is 21.5. The van der Waals surface area contributed by atoms with Gasteiger partial charge in [0, 0.05) is 11.3 Å². The van der Waals surface area contributed by atoms with Gasteiger partial charge in [-0.2, -0.15) is 0 Å². The number of halogens is 1. The van der Waals surface area contributed by atoms with E-state index in [0.717, 1.165) is 23.4 Å². The first-order valence-corrected chi connectivity index (χ1v) is 14.5. The van der Waals surface area contributed by atoms with Gasteiger partial charge in [-0.15, -0.1) is 0 Å². The zero-order valence-electron chi connectivity index (χ0n) is 19.9. The first-order valence-electron chi connectivity index (χ1n) is 12.6. The third-order valence-corrected chi connectivity index (χ3v) is 10.0. The van der Waals surface area contributed by atoms with Crippen molar-refractivity contribution in [3.63, 3.8) is 0 Å². The first-order chi connectivity index (χ1) is 17.3. The summed E-state index contributed by atoms with van der Waals surface area (Å²) in [5.41, 5.74) is 3.05. The molecule has 2 N–H and O–H groups in total. The van der Waals surface area contributed by atoms with E-state index in [1.54, 1.807) is 24.3 Å². The highest BCUT2D eigenvalue weighted by molar-refractivity contribution is 7.92. The van der Waals surface area contributed by atoms with Gasteiger partial charge in [0.2, 0.25) is 0 Å². The molecule has 7 heteroatoms. The van der Waals surface area contributed by atoms with Crippen LogP contribution in [0, 0.1) is 17.8 Å². The number of anilines is 2. The topological polar surface area (TPSA) is 75.3 Å². The van der Waals surface area contributed by atoms with Crippen molar-refractivity contribution >= 4 is 38.9 Å². The third-order valence-electron chi connectivity index (χ3n) is 8.32. The van der Waals surface area contributed by atoms with E-state index in [9.17, 15) is 13.2 Å². The van der Waals surface area contributed by atoms with Crippen LogP contribution in [0.4, 0.5) is 11.4 Å². The van der Waals surface area contributed by atoms with E-state index in [-0.39, 0.29) is 21.5 Å². The maximum atomic E-state index is 12.9. The summed E-state index contributed by atoms with van der Waals surface area (Å²) in [6, 6.07) is 21.0. The van der Waals surface area contributed by atoms with Crippen LogP contribution in [0.15, 0.2) is 77.7 Å². The molecule has 0 unspecified atom stereocenters. The van der Waals surface area contributed by atoms with Crippen molar-refractivity contribution in [1.82, 2.24) is 0 Å². The van der Waals surface area contributed by atoms with Crippen LogP contribution in [0.2, 0.25) is 5.02 Å². The van der Waals surface area contributed by atoms with E-state index in [2.05, 4.69) is 22.2 Å². The summed E-state index contributed by atoms with van der Waals surface area (Å²) in [5.74, 6) is 2.37. The maximum absolute atomic E-state index is 12.9. The number of hydrogen-bond acceptors (Lipinski definition) is 3. The number of rotatable bonds is 6. The molecular weight excluding hydrogens is 492 g/mol. The van der Waals surface area contributed by atoms with E-state index in [1.807, 2.05) is 12.1 Å². The van der Waals surface area contributed by atoms with Crippen LogP contribution in [-0.2, 0) is 15.4 Å². The second-order valence-corrected chi connectivity index (χ2v) is 12.9. The Kier molecular flexibility index (Phi) is 5.84. The zero-order chi connectivity index (χ0) is 24.9. The monoisotopic (exact) mass is 520 g/mol. The third kappa shape index (κ3) is 4.41. The average Bonchev–Trinajstić information content (AvgIpc) is 2.85. The van der Waals surface area contributed by atoms with Crippen LogP contribution in [-0.4, -0.2) is 14.3 Å². The van der Waals surface area contributed by atoms with Crippen molar-refractivity contribution in [3.8, 4) is 0 Å². The molecule has 0 saturated heterocycles. The Morgan fingerprint density at radius 3 is 2.03 bits per heavy atom. The molecule has 3 aromatic carbocycles. The first kappa shape index (κ1) is 23.6. The van der Waals surface area contributed by atoms with Crippen molar-refractivity contribution in [2.45, 2.75) is 48.8 Å². The summed E-state index contributed by atoms with van der Waals surface area (Å²) in [6.07, 6.45) is 8.18. The van der Waals surface area contributed by atoms with Crippen LogP contribution in [0.1, 0.15) is 54.4 Å². The molecule has 0 radical (unpaired) electrons. The maximum Gasteiger partial charge on any atom is 0.261 e. The predicted octanol–water partition coefficient (Wildman–Crippen LogP) is 6.86. The van der Waals surface area contributed by atoms with Gasteiger partial charge in [0.1, 0.15) is 0 Å². The Morgan fingerprint density at radius 1 is 0.833 bits per heavy atom. The molecule has 3 aromatic rings. The smallest absolute Gasteiger partial charge is 0.261 e. The molecule has 4 aliphatic rings. The molecule has 0 heterocycles. The molecule has 0 aliphatic heterocycles. The molecule has 0 aromatic heterocycles. The summed E-state index contributed by atoms with van der Waals surface area (Å²) in [4.78, 5) is 13.0. The summed E-state index contributed by atoms with van der Waals surface area (Å²) in [5, 5.41) is 3.10. The molecule has 1 amide bonds. The number of nitrogens with one attached hydrogen (secondary N) is 2. The molecule has 0 spiro atoms. The quantitative estimate of drug-likeness (QED) is 0.372. The van der Waals surface area contributed by atoms with Gasteiger partial charge in [-0.25, -0.2) is 8.42 Å². The van der Waals surface area contributed by atoms with Crippen LogP contribution in [0.3, 0.4) is 0 Å². The Hall–Kier alpha value is -2.83. The Labute approximate surface area is 217 Å². The van der Waals surface area contributed by atoms with Gasteiger partial charge in [0.15, 0.2) is 0 Å². The molecule has 4 saturated carbocycles. The lowest BCUT2D eigenvalue weighted by Crippen LogP contribution is -2.48. The van der Waals surface area contributed by atoms with Crippen LogP contribution >= 0.6 is 11.6 Å². The van der Waals surface area contributed by atoms with E-state index in [4.69, 9.17) is 11.6 Å². The highest BCUT2D eigenvalue weighted by Crippen LogP contribution is 2.60. The standard InChI is InChI=1S/C29H29ClN2O3S/c30-26-15-22(6-11-27(26)32-36(34,35)25-4-2-1-3-5-25)28(33)31-24-9-7-23(8-10-24)29-16-19-12-20(17-29)14-21(13-19)18-29/h1-11,15,19-21,32H,12-14,16-18H2,(H,31,33). The molecule has 186 valence electrons. The van der Waals surface area contributed by atoms with E-state index >= 15 is 0 Å². The van der Waals surface area contributed by atoms with Gasteiger partial charge in [-0.1, -0.05) is 41.9 Å². The second-order valence-electron chi connectivity index (χ2n) is 10.8. The number of benzene rings is 3. The second kappa shape index (κ2) is 8.93. The number of carbonyl (C=O) groups excluding carboxylic acids is 1. The fourth-order valence-electron chi connectivity index (χ4n) is 7.12. The van der Waals surface area contributed by atoms with Gasteiger partial charge >= 0.3 is 0 Å². The highest BCUT2D eigenvalue weighted by Gasteiger charge is 2.51. The van der Waals surface area contributed by atoms with Crippen molar-refractivity contribution in [2.24, 2.45) is 17.8 Å². The van der Waals surface area contributed by atoms with Crippen LogP contribution in [0.5, 0.6) is 0 Å². The molecule has 0 atom stereocenters. The van der Waals surface area contributed by atoms with Crippen molar-refractivity contribution < 1.29 is 13.2 Å². The predicted molar refractivity (Wildman–Crippen MR) is 143 cm³/mol.